The van der Waals surface area contributed by atoms with Gasteiger partial charge in [-0.05, 0) is 37.6 Å². The fraction of sp³-hybridized carbons (Fsp3) is 0.450. The number of benzene rings is 1. The first-order valence-corrected chi connectivity index (χ1v) is 9.70. The van der Waals surface area contributed by atoms with Gasteiger partial charge in [-0.15, -0.1) is 11.3 Å². The van der Waals surface area contributed by atoms with Crippen LogP contribution in [0.5, 0.6) is 5.75 Å². The number of hydrogen-bond donors (Lipinski definition) is 2. The molecule has 1 aromatic carbocycles. The Morgan fingerprint density at radius 1 is 1.23 bits per heavy atom. The first kappa shape index (κ1) is 18.9. The molecule has 6 heteroatoms. The first-order valence-electron chi connectivity index (χ1n) is 8.88. The number of piperidine rings is 1. The molecule has 2 aromatic rings. The lowest BCUT2D eigenvalue weighted by Gasteiger charge is -2.37. The van der Waals surface area contributed by atoms with E-state index in [0.717, 1.165) is 36.4 Å². The Bertz CT molecular complexity index is 718. The largest absolute Gasteiger partial charge is 0.495 e. The van der Waals surface area contributed by atoms with E-state index in [0.29, 0.717) is 23.8 Å². The molecule has 140 valence electrons. The van der Waals surface area contributed by atoms with Crippen LogP contribution in [0.4, 0.5) is 0 Å². The van der Waals surface area contributed by atoms with E-state index < -0.39 is 0 Å². The van der Waals surface area contributed by atoms with E-state index in [1.807, 2.05) is 36.4 Å². The van der Waals surface area contributed by atoms with Crippen molar-refractivity contribution in [1.82, 2.24) is 10.6 Å². The molecule has 2 N–H and O–H groups in total. The van der Waals surface area contributed by atoms with Crippen molar-refractivity contribution in [2.45, 2.75) is 12.8 Å². The molecule has 3 rings (SSSR count). The fourth-order valence-electron chi connectivity index (χ4n) is 3.41. The van der Waals surface area contributed by atoms with Crippen LogP contribution in [0.15, 0.2) is 36.4 Å². The number of carbonyl (C=O) groups excluding carboxylic acids is 1. The topological polar surface area (TPSA) is 59.6 Å². The lowest BCUT2D eigenvalue weighted by molar-refractivity contribution is 0.0512. The third-order valence-corrected chi connectivity index (χ3v) is 6.09. The lowest BCUT2D eigenvalue weighted by atomic mass is 9.79. The smallest absolute Gasteiger partial charge is 0.265 e. The molecule has 1 aliphatic rings. The van der Waals surface area contributed by atoms with Gasteiger partial charge in [-0.25, -0.2) is 0 Å². The summed E-state index contributed by atoms with van der Waals surface area (Å²) in [5.41, 5.74) is 1.09. The molecule has 0 aliphatic carbocycles. The van der Waals surface area contributed by atoms with E-state index >= 15 is 0 Å². The minimum atomic E-state index is -0.0805. The van der Waals surface area contributed by atoms with Gasteiger partial charge in [-0.1, -0.05) is 30.3 Å². The van der Waals surface area contributed by atoms with Gasteiger partial charge in [-0.3, -0.25) is 4.79 Å². The van der Waals surface area contributed by atoms with E-state index in [2.05, 4.69) is 10.6 Å². The van der Waals surface area contributed by atoms with Crippen LogP contribution in [0.3, 0.4) is 0 Å². The van der Waals surface area contributed by atoms with Gasteiger partial charge in [0.05, 0.1) is 13.7 Å². The molecule has 2 heterocycles. The molecule has 1 aromatic heterocycles. The first-order chi connectivity index (χ1) is 12.7. The molecule has 1 fully saturated rings. The standard InChI is InChI=1S/C20H26N2O3S/c1-24-14-20(8-10-21-11-9-20)13-22-19(23)18-16(25-2)12-17(26-18)15-6-4-3-5-7-15/h3-7,12,21H,8-11,13-14H2,1-2H3,(H,22,23). The number of hydrogen-bond acceptors (Lipinski definition) is 5. The average Bonchev–Trinajstić information content (AvgIpc) is 3.12. The van der Waals surface area contributed by atoms with Crippen LogP contribution in [0.1, 0.15) is 22.5 Å². The lowest BCUT2D eigenvalue weighted by Crippen LogP contribution is -2.47. The van der Waals surface area contributed by atoms with E-state index in [1.54, 1.807) is 14.2 Å². The summed E-state index contributed by atoms with van der Waals surface area (Å²) in [6, 6.07) is 12.0. The van der Waals surface area contributed by atoms with Crippen LogP contribution in [0.2, 0.25) is 0 Å². The zero-order valence-corrected chi connectivity index (χ0v) is 16.2. The molecular formula is C20H26N2O3S. The number of carbonyl (C=O) groups is 1. The summed E-state index contributed by atoms with van der Waals surface area (Å²) in [7, 11) is 3.33. The van der Waals surface area contributed by atoms with Crippen LogP contribution in [-0.4, -0.2) is 46.4 Å². The summed E-state index contributed by atoms with van der Waals surface area (Å²) in [6.45, 7) is 3.19. The highest BCUT2D eigenvalue weighted by Gasteiger charge is 2.33. The summed E-state index contributed by atoms with van der Waals surface area (Å²) in [6.07, 6.45) is 2.00. The van der Waals surface area contributed by atoms with Crippen molar-refractivity contribution in [2.24, 2.45) is 5.41 Å². The van der Waals surface area contributed by atoms with Gasteiger partial charge < -0.3 is 20.1 Å². The predicted octanol–water partition coefficient (Wildman–Crippen LogP) is 3.17. The maximum absolute atomic E-state index is 12.8. The number of ether oxygens (including phenoxy) is 2. The summed E-state index contributed by atoms with van der Waals surface area (Å²) in [5.74, 6) is 0.542. The Morgan fingerprint density at radius 3 is 2.62 bits per heavy atom. The van der Waals surface area contributed by atoms with Gasteiger partial charge in [0.2, 0.25) is 0 Å². The second kappa shape index (κ2) is 8.66. The van der Waals surface area contributed by atoms with Gasteiger partial charge in [0.1, 0.15) is 10.6 Å². The summed E-state index contributed by atoms with van der Waals surface area (Å²) in [4.78, 5) is 14.5. The molecule has 0 saturated carbocycles. The van der Waals surface area contributed by atoms with E-state index in [-0.39, 0.29) is 11.3 Å². The Labute approximate surface area is 158 Å². The van der Waals surface area contributed by atoms with Crippen molar-refractivity contribution in [3.05, 3.63) is 41.3 Å². The van der Waals surface area contributed by atoms with Gasteiger partial charge in [-0.2, -0.15) is 0 Å². The average molecular weight is 375 g/mol. The quantitative estimate of drug-likeness (QED) is 0.782. The maximum atomic E-state index is 12.8. The van der Waals surface area contributed by atoms with Crippen molar-refractivity contribution in [3.63, 3.8) is 0 Å². The fourth-order valence-corrected chi connectivity index (χ4v) is 4.46. The van der Waals surface area contributed by atoms with E-state index in [4.69, 9.17) is 9.47 Å². The van der Waals surface area contributed by atoms with E-state index in [1.165, 1.54) is 11.3 Å². The van der Waals surface area contributed by atoms with Gasteiger partial charge in [0, 0.05) is 23.9 Å². The van der Waals surface area contributed by atoms with Crippen LogP contribution < -0.4 is 15.4 Å². The third kappa shape index (κ3) is 4.26. The van der Waals surface area contributed by atoms with Crippen molar-refractivity contribution in [3.8, 4) is 16.2 Å². The number of rotatable bonds is 7. The molecule has 26 heavy (non-hydrogen) atoms. The highest BCUT2D eigenvalue weighted by atomic mass is 32.1. The van der Waals surface area contributed by atoms with Crippen molar-refractivity contribution in [1.29, 1.82) is 0 Å². The molecular weight excluding hydrogens is 348 g/mol. The van der Waals surface area contributed by atoms with E-state index in [9.17, 15) is 4.79 Å². The molecule has 5 nitrogen and oxygen atoms in total. The normalized spacial score (nSPS) is 16.2. The van der Waals surface area contributed by atoms with Gasteiger partial charge in [0.25, 0.3) is 5.91 Å². The van der Waals surface area contributed by atoms with Crippen LogP contribution in [0, 0.1) is 5.41 Å². The third-order valence-electron chi connectivity index (χ3n) is 4.92. The van der Waals surface area contributed by atoms with Crippen molar-refractivity contribution < 1.29 is 14.3 Å². The zero-order chi connectivity index (χ0) is 18.4. The van der Waals surface area contributed by atoms with Crippen LogP contribution in [-0.2, 0) is 4.74 Å². The Kier molecular flexibility index (Phi) is 6.29. The SMILES string of the molecule is COCC1(CNC(=O)c2sc(-c3ccccc3)cc2OC)CCNCC1. The second-order valence-corrected chi connectivity index (χ2v) is 7.79. The second-order valence-electron chi connectivity index (χ2n) is 6.74. The van der Waals surface area contributed by atoms with Crippen LogP contribution in [0.25, 0.3) is 10.4 Å². The highest BCUT2D eigenvalue weighted by molar-refractivity contribution is 7.17. The molecule has 0 bridgehead atoms. The summed E-state index contributed by atoms with van der Waals surface area (Å²) in [5, 5.41) is 6.49. The van der Waals surface area contributed by atoms with Crippen molar-refractivity contribution >= 4 is 17.2 Å². The Hall–Kier alpha value is -1.89. The number of amides is 1. The minimum Gasteiger partial charge on any atom is -0.495 e. The monoisotopic (exact) mass is 374 g/mol. The number of methoxy groups -OCH3 is 2. The molecule has 1 saturated heterocycles. The molecule has 0 unspecified atom stereocenters. The van der Waals surface area contributed by atoms with Crippen molar-refractivity contribution in [2.75, 3.05) is 40.5 Å². The minimum absolute atomic E-state index is 0.00240. The zero-order valence-electron chi connectivity index (χ0n) is 15.3. The molecule has 0 spiro atoms. The molecule has 0 atom stereocenters. The predicted molar refractivity (Wildman–Crippen MR) is 105 cm³/mol. The number of thiophene rings is 1. The maximum Gasteiger partial charge on any atom is 0.265 e. The highest BCUT2D eigenvalue weighted by Crippen LogP contribution is 2.36. The van der Waals surface area contributed by atoms with Crippen LogP contribution >= 0.6 is 11.3 Å². The summed E-state index contributed by atoms with van der Waals surface area (Å²) < 4.78 is 10.9. The van der Waals surface area contributed by atoms with Gasteiger partial charge in [0.15, 0.2) is 0 Å². The Balaban J connectivity index is 1.74. The Morgan fingerprint density at radius 2 is 1.96 bits per heavy atom. The molecule has 1 aliphatic heterocycles. The molecule has 0 radical (unpaired) electrons. The van der Waals surface area contributed by atoms with Gasteiger partial charge >= 0.3 is 0 Å². The molecule has 1 amide bonds. The number of nitrogens with one attached hydrogen (secondary N) is 2. The summed E-state index contributed by atoms with van der Waals surface area (Å²) >= 11 is 1.46.